The maximum atomic E-state index is 11.8. The third-order valence-corrected chi connectivity index (χ3v) is 7.74. The highest BCUT2D eigenvalue weighted by Gasteiger charge is 2.07. The molecule has 0 spiro atoms. The van der Waals surface area contributed by atoms with Crippen LogP contribution >= 0.6 is 7.82 Å². The largest absolute Gasteiger partial charge is 0.756 e. The molecule has 0 aliphatic heterocycles. The van der Waals surface area contributed by atoms with Crippen molar-refractivity contribution in [1.82, 2.24) is 0 Å². The van der Waals surface area contributed by atoms with Crippen molar-refractivity contribution in [2.75, 3.05) is 26.9 Å². The molecule has 39 heavy (non-hydrogen) atoms. The van der Waals surface area contributed by atoms with Gasteiger partial charge in [0.05, 0.1) is 19.8 Å². The molecule has 0 saturated carbocycles. The van der Waals surface area contributed by atoms with Gasteiger partial charge in [-0.05, 0) is 19.3 Å². The van der Waals surface area contributed by atoms with Gasteiger partial charge in [-0.1, -0.05) is 116 Å². The quantitative estimate of drug-likeness (QED) is 0.0477. The summed E-state index contributed by atoms with van der Waals surface area (Å²) >= 11 is 0. The van der Waals surface area contributed by atoms with Crippen LogP contribution in [-0.4, -0.2) is 38.9 Å². The van der Waals surface area contributed by atoms with Crippen molar-refractivity contribution in [3.63, 3.8) is 0 Å². The van der Waals surface area contributed by atoms with Crippen molar-refractivity contribution in [3.05, 3.63) is 0 Å². The van der Waals surface area contributed by atoms with Crippen LogP contribution < -0.4 is 4.89 Å². The lowest BCUT2D eigenvalue weighted by molar-refractivity contribution is -0.223. The first-order valence-electron chi connectivity index (χ1n) is 15.7. The predicted molar refractivity (Wildman–Crippen MR) is 154 cm³/mol. The van der Waals surface area contributed by atoms with Gasteiger partial charge in [0.1, 0.15) is 0 Å². The van der Waals surface area contributed by atoms with E-state index < -0.39 is 7.82 Å². The SMILES string of the molecule is CCCCCCCCCCCCCCCCCC(=O)OCCCOC(=O)CCCCCCCOP(=O)([O-])OC. The summed E-state index contributed by atoms with van der Waals surface area (Å²) in [7, 11) is -3.05. The van der Waals surface area contributed by atoms with Crippen molar-refractivity contribution < 1.29 is 37.6 Å². The average Bonchev–Trinajstić information content (AvgIpc) is 2.92. The van der Waals surface area contributed by atoms with E-state index in [9.17, 15) is 19.0 Å². The van der Waals surface area contributed by atoms with Crippen LogP contribution in [0.15, 0.2) is 0 Å². The minimum Gasteiger partial charge on any atom is -0.756 e. The Morgan fingerprint density at radius 1 is 0.538 bits per heavy atom. The Morgan fingerprint density at radius 2 is 0.897 bits per heavy atom. The fourth-order valence-electron chi connectivity index (χ4n) is 4.35. The van der Waals surface area contributed by atoms with Crippen molar-refractivity contribution in [2.24, 2.45) is 0 Å². The number of rotatable bonds is 30. The number of carbonyl (C=O) groups is 2. The van der Waals surface area contributed by atoms with Gasteiger partial charge in [-0.25, -0.2) is 0 Å². The van der Waals surface area contributed by atoms with Gasteiger partial charge in [0.25, 0.3) is 7.82 Å². The van der Waals surface area contributed by atoms with Crippen LogP contribution in [0.25, 0.3) is 0 Å². The molecule has 0 aromatic rings. The molecule has 1 unspecified atom stereocenters. The molecule has 0 aliphatic carbocycles. The lowest BCUT2D eigenvalue weighted by Crippen LogP contribution is -2.10. The second-order valence-corrected chi connectivity index (χ2v) is 12.0. The summed E-state index contributed by atoms with van der Waals surface area (Å²) in [6.07, 6.45) is 24.8. The monoisotopic (exact) mass is 577 g/mol. The van der Waals surface area contributed by atoms with Gasteiger partial charge < -0.3 is 23.4 Å². The molecule has 0 rings (SSSR count). The van der Waals surface area contributed by atoms with E-state index in [-0.39, 0.29) is 31.8 Å². The van der Waals surface area contributed by atoms with Crippen molar-refractivity contribution in [1.29, 1.82) is 0 Å². The highest BCUT2D eigenvalue weighted by atomic mass is 31.2. The van der Waals surface area contributed by atoms with Gasteiger partial charge >= 0.3 is 11.9 Å². The van der Waals surface area contributed by atoms with Crippen LogP contribution in [0.2, 0.25) is 0 Å². The molecule has 0 N–H and O–H groups in total. The first-order valence-corrected chi connectivity index (χ1v) is 17.2. The zero-order valence-corrected chi connectivity index (χ0v) is 26.0. The molecule has 0 bridgehead atoms. The number of phosphoric acid groups is 1. The molecule has 0 heterocycles. The van der Waals surface area contributed by atoms with Crippen LogP contribution in [-0.2, 0) is 32.7 Å². The van der Waals surface area contributed by atoms with Gasteiger partial charge in [0.2, 0.25) is 0 Å². The summed E-state index contributed by atoms with van der Waals surface area (Å²) in [5, 5.41) is 0. The molecule has 8 nitrogen and oxygen atoms in total. The Bertz CT molecular complexity index is 614. The van der Waals surface area contributed by atoms with E-state index >= 15 is 0 Å². The van der Waals surface area contributed by atoms with Crippen LogP contribution in [0.3, 0.4) is 0 Å². The van der Waals surface area contributed by atoms with E-state index in [1.807, 2.05) is 0 Å². The lowest BCUT2D eigenvalue weighted by Gasteiger charge is -2.19. The van der Waals surface area contributed by atoms with Gasteiger partial charge in [-0.3, -0.25) is 14.2 Å². The highest BCUT2D eigenvalue weighted by Crippen LogP contribution is 2.36. The van der Waals surface area contributed by atoms with E-state index in [0.29, 0.717) is 25.7 Å². The summed E-state index contributed by atoms with van der Waals surface area (Å²) < 4.78 is 30.3. The van der Waals surface area contributed by atoms with Crippen molar-refractivity contribution in [3.8, 4) is 0 Å². The van der Waals surface area contributed by atoms with E-state index in [0.717, 1.165) is 45.6 Å². The topological polar surface area (TPSA) is 111 Å². The van der Waals surface area contributed by atoms with E-state index in [4.69, 9.17) is 9.47 Å². The Morgan fingerprint density at radius 3 is 1.28 bits per heavy atom. The van der Waals surface area contributed by atoms with Crippen molar-refractivity contribution >= 4 is 19.8 Å². The molecule has 0 aromatic carbocycles. The number of phosphoric ester groups is 1. The maximum Gasteiger partial charge on any atom is 0.305 e. The molecule has 0 radical (unpaired) electrons. The molecule has 232 valence electrons. The Kier molecular flexibility index (Phi) is 27.9. The zero-order chi connectivity index (χ0) is 28.9. The summed E-state index contributed by atoms with van der Waals surface area (Å²) in [5.41, 5.74) is 0. The third-order valence-electron chi connectivity index (χ3n) is 6.80. The summed E-state index contributed by atoms with van der Waals surface area (Å²) in [6.45, 7) is 2.92. The molecular weight excluding hydrogens is 519 g/mol. The summed E-state index contributed by atoms with van der Waals surface area (Å²) in [6, 6.07) is 0. The number of ether oxygens (including phenoxy) is 2. The Balaban J connectivity index is 3.32. The molecule has 0 fully saturated rings. The number of hydrogen-bond donors (Lipinski definition) is 0. The third kappa shape index (κ3) is 29.8. The highest BCUT2D eigenvalue weighted by molar-refractivity contribution is 7.45. The number of carbonyl (C=O) groups excluding carboxylic acids is 2. The number of unbranched alkanes of at least 4 members (excludes halogenated alkanes) is 18. The average molecular weight is 578 g/mol. The Hall–Kier alpha value is -0.950. The van der Waals surface area contributed by atoms with E-state index in [1.165, 1.54) is 83.5 Å². The van der Waals surface area contributed by atoms with E-state index in [1.54, 1.807) is 0 Å². The van der Waals surface area contributed by atoms with Gasteiger partial charge in [-0.2, -0.15) is 0 Å². The number of hydrogen-bond acceptors (Lipinski definition) is 8. The van der Waals surface area contributed by atoms with Crippen LogP contribution in [0.1, 0.15) is 155 Å². The molecule has 1 atom stereocenters. The minimum absolute atomic E-state index is 0.112. The molecule has 0 amide bonds. The van der Waals surface area contributed by atoms with Crippen LogP contribution in [0.5, 0.6) is 0 Å². The fourth-order valence-corrected chi connectivity index (χ4v) is 4.80. The normalized spacial score (nSPS) is 12.8. The Labute approximate surface area is 238 Å². The van der Waals surface area contributed by atoms with Crippen molar-refractivity contribution in [2.45, 2.75) is 155 Å². The number of esters is 2. The molecule has 0 aliphatic rings. The zero-order valence-electron chi connectivity index (χ0n) is 25.1. The second kappa shape index (κ2) is 28.6. The van der Waals surface area contributed by atoms with Gasteiger partial charge in [0, 0.05) is 26.4 Å². The first kappa shape index (κ1) is 38.0. The van der Waals surface area contributed by atoms with Gasteiger partial charge in [-0.15, -0.1) is 0 Å². The van der Waals surface area contributed by atoms with Crippen LogP contribution in [0.4, 0.5) is 0 Å². The summed E-state index contributed by atoms with van der Waals surface area (Å²) in [5.74, 6) is -0.406. The van der Waals surface area contributed by atoms with E-state index in [2.05, 4.69) is 16.0 Å². The molecular formula is C30H58O8P-. The molecule has 0 saturated heterocycles. The smallest absolute Gasteiger partial charge is 0.305 e. The first-order chi connectivity index (χ1) is 18.9. The second-order valence-electron chi connectivity index (χ2n) is 10.5. The molecule has 9 heteroatoms. The van der Waals surface area contributed by atoms with Crippen LogP contribution in [0, 0.1) is 0 Å². The fraction of sp³-hybridized carbons (Fsp3) is 0.933. The predicted octanol–water partition coefficient (Wildman–Crippen LogP) is 8.20. The molecule has 0 aromatic heterocycles. The van der Waals surface area contributed by atoms with Gasteiger partial charge in [0.15, 0.2) is 0 Å². The minimum atomic E-state index is -4.13. The lowest BCUT2D eigenvalue weighted by atomic mass is 10.0. The standard InChI is InChI=1S/C30H59O8P/c1-3-4-5-6-7-8-9-10-11-12-13-14-15-17-20-24-29(31)36-26-23-27-37-30(32)25-21-18-16-19-22-28-38-39(33,34)35-2/h3-28H2,1-2H3,(H,33,34)/p-1. The maximum absolute atomic E-state index is 11.8. The summed E-state index contributed by atoms with van der Waals surface area (Å²) in [4.78, 5) is 34.6.